The fourth-order valence-electron chi connectivity index (χ4n) is 4.29. The monoisotopic (exact) mass is 627 g/mol. The maximum Gasteiger partial charge on any atom is 0.244 e. The van der Waals surface area contributed by atoms with E-state index < -0.39 is 10.0 Å². The van der Waals surface area contributed by atoms with Crippen molar-refractivity contribution >= 4 is 72.2 Å². The first-order valence-corrected chi connectivity index (χ1v) is 14.6. The molecular weight excluding hydrogens is 609 g/mol. The van der Waals surface area contributed by atoms with Gasteiger partial charge in [-0.3, -0.25) is 0 Å². The number of halogens is 4. The Labute approximate surface area is 232 Å². The largest absolute Gasteiger partial charge is 0.370 e. The van der Waals surface area contributed by atoms with E-state index in [-0.39, 0.29) is 15.8 Å². The molecule has 0 bridgehead atoms. The number of fused-ring (bicyclic) bond motifs is 1. The van der Waals surface area contributed by atoms with Gasteiger partial charge < -0.3 is 5.32 Å². The van der Waals surface area contributed by atoms with E-state index in [9.17, 15) is 8.42 Å². The third kappa shape index (κ3) is 5.10. The van der Waals surface area contributed by atoms with Crippen molar-refractivity contribution in [2.24, 2.45) is 5.92 Å². The topological polar surface area (TPSA) is 79.6 Å². The minimum absolute atomic E-state index is 0.0452. The van der Waals surface area contributed by atoms with Gasteiger partial charge in [0.1, 0.15) is 10.7 Å². The smallest absolute Gasteiger partial charge is 0.244 e. The van der Waals surface area contributed by atoms with Gasteiger partial charge in [-0.1, -0.05) is 53.0 Å². The van der Waals surface area contributed by atoms with Gasteiger partial charge in [0.2, 0.25) is 10.0 Å². The van der Waals surface area contributed by atoms with Crippen molar-refractivity contribution in [2.75, 3.05) is 25.0 Å². The first-order chi connectivity index (χ1) is 17.2. The molecule has 0 radical (unpaired) electrons. The van der Waals surface area contributed by atoms with Crippen LogP contribution in [0.15, 0.2) is 64.1 Å². The van der Waals surface area contributed by atoms with E-state index in [1.807, 2.05) is 30.3 Å². The maximum absolute atomic E-state index is 13.1. The molecule has 3 heterocycles. The van der Waals surface area contributed by atoms with Gasteiger partial charge in [-0.2, -0.15) is 13.9 Å². The Hall–Kier alpha value is -1.88. The summed E-state index contributed by atoms with van der Waals surface area (Å²) in [6.45, 7) is 1.47. The van der Waals surface area contributed by atoms with E-state index in [0.29, 0.717) is 48.2 Å². The molecule has 7 nitrogen and oxygen atoms in total. The zero-order chi connectivity index (χ0) is 25.4. The van der Waals surface area contributed by atoms with Crippen molar-refractivity contribution in [3.63, 3.8) is 0 Å². The Morgan fingerprint density at radius 3 is 2.53 bits per heavy atom. The van der Waals surface area contributed by atoms with Crippen molar-refractivity contribution < 1.29 is 8.42 Å². The lowest BCUT2D eigenvalue weighted by Crippen LogP contribution is -2.40. The normalized spacial score (nSPS) is 15.4. The van der Waals surface area contributed by atoms with E-state index >= 15 is 0 Å². The number of piperidine rings is 1. The van der Waals surface area contributed by atoms with E-state index in [1.54, 1.807) is 16.8 Å². The van der Waals surface area contributed by atoms with E-state index in [0.717, 1.165) is 21.5 Å². The van der Waals surface area contributed by atoms with E-state index in [4.69, 9.17) is 39.8 Å². The van der Waals surface area contributed by atoms with Gasteiger partial charge in [-0.25, -0.2) is 13.4 Å². The predicted octanol–water partition coefficient (Wildman–Crippen LogP) is 6.63. The third-order valence-corrected chi connectivity index (χ3v) is 9.74. The number of nitrogens with one attached hydrogen (secondary N) is 1. The highest BCUT2D eigenvalue weighted by atomic mass is 79.9. The molecule has 0 saturated carbocycles. The van der Waals surface area contributed by atoms with E-state index in [1.165, 1.54) is 16.4 Å². The second-order valence-corrected chi connectivity index (χ2v) is 12.5. The second kappa shape index (κ2) is 10.5. The van der Waals surface area contributed by atoms with Gasteiger partial charge in [0.15, 0.2) is 5.65 Å². The number of rotatable bonds is 6. The zero-order valence-electron chi connectivity index (χ0n) is 18.8. The van der Waals surface area contributed by atoms with Crippen molar-refractivity contribution in [3.05, 3.63) is 74.3 Å². The summed E-state index contributed by atoms with van der Waals surface area (Å²) in [5.74, 6) is 1.05. The molecule has 4 aromatic rings. The fraction of sp³-hybridized carbons (Fsp3) is 0.250. The van der Waals surface area contributed by atoms with Gasteiger partial charge in [-0.05, 0) is 59.0 Å². The Morgan fingerprint density at radius 2 is 1.78 bits per heavy atom. The summed E-state index contributed by atoms with van der Waals surface area (Å²) < 4.78 is 30.3. The highest BCUT2D eigenvalue weighted by molar-refractivity contribution is 9.10. The molecule has 0 unspecified atom stereocenters. The van der Waals surface area contributed by atoms with Crippen LogP contribution in [-0.4, -0.2) is 47.0 Å². The number of benzene rings is 2. The van der Waals surface area contributed by atoms with E-state index in [2.05, 4.69) is 26.3 Å². The Kier molecular flexibility index (Phi) is 7.49. The molecule has 5 rings (SSSR count). The summed E-state index contributed by atoms with van der Waals surface area (Å²) in [5.41, 5.74) is 2.24. The molecule has 0 amide bonds. The number of hydrogen-bond donors (Lipinski definition) is 1. The molecule has 1 N–H and O–H groups in total. The summed E-state index contributed by atoms with van der Waals surface area (Å²) in [4.78, 5) is 4.78. The van der Waals surface area contributed by atoms with Gasteiger partial charge in [0, 0.05) is 41.3 Å². The number of nitrogens with zero attached hydrogens (tertiary/aromatic N) is 4. The first-order valence-electron chi connectivity index (χ1n) is 11.2. The van der Waals surface area contributed by atoms with Gasteiger partial charge in [-0.15, -0.1) is 0 Å². The molecule has 188 valence electrons. The van der Waals surface area contributed by atoms with Crippen LogP contribution in [0.5, 0.6) is 0 Å². The first kappa shape index (κ1) is 25.8. The molecule has 0 atom stereocenters. The number of anilines is 1. The van der Waals surface area contributed by atoms with Crippen molar-refractivity contribution in [1.82, 2.24) is 18.9 Å². The number of hydrogen-bond acceptors (Lipinski definition) is 5. The average Bonchev–Trinajstić information content (AvgIpc) is 3.25. The maximum atomic E-state index is 13.1. The summed E-state index contributed by atoms with van der Waals surface area (Å²) >= 11 is 22.1. The van der Waals surface area contributed by atoms with Crippen LogP contribution in [-0.2, 0) is 10.0 Å². The van der Waals surface area contributed by atoms with Gasteiger partial charge in [0.25, 0.3) is 0 Å². The second-order valence-electron chi connectivity index (χ2n) is 8.54. The molecule has 0 aliphatic carbocycles. The van der Waals surface area contributed by atoms with Crippen LogP contribution in [0.25, 0.3) is 16.9 Å². The summed E-state index contributed by atoms with van der Waals surface area (Å²) in [7, 11) is -3.72. The highest BCUT2D eigenvalue weighted by Gasteiger charge is 2.31. The molecule has 2 aromatic heterocycles. The molecule has 2 aromatic carbocycles. The van der Waals surface area contributed by atoms with Gasteiger partial charge >= 0.3 is 0 Å². The molecule has 1 saturated heterocycles. The van der Waals surface area contributed by atoms with Gasteiger partial charge in [0.05, 0.1) is 21.4 Å². The highest BCUT2D eigenvalue weighted by Crippen LogP contribution is 2.32. The number of sulfonamides is 1. The van der Waals surface area contributed by atoms with Crippen molar-refractivity contribution in [3.8, 4) is 11.3 Å². The van der Waals surface area contributed by atoms with Crippen LogP contribution in [0.3, 0.4) is 0 Å². The quantitative estimate of drug-likeness (QED) is 0.259. The van der Waals surface area contributed by atoms with Crippen LogP contribution in [0.2, 0.25) is 15.1 Å². The summed E-state index contributed by atoms with van der Waals surface area (Å²) in [5, 5.41) is 9.05. The molecule has 1 aliphatic heterocycles. The fourth-order valence-corrected chi connectivity index (χ4v) is 7.07. The predicted molar refractivity (Wildman–Crippen MR) is 148 cm³/mol. The number of aromatic nitrogens is 3. The molecule has 12 heteroatoms. The molecular formula is C24H21BrCl3N5O2S. The van der Waals surface area contributed by atoms with Crippen LogP contribution in [0.4, 0.5) is 5.82 Å². The average molecular weight is 630 g/mol. The van der Waals surface area contributed by atoms with Crippen LogP contribution >= 0.6 is 50.7 Å². The molecule has 36 heavy (non-hydrogen) atoms. The zero-order valence-corrected chi connectivity index (χ0v) is 23.5. The van der Waals surface area contributed by atoms with Crippen molar-refractivity contribution in [1.29, 1.82) is 0 Å². The van der Waals surface area contributed by atoms with Crippen LogP contribution in [0, 0.1) is 5.92 Å². The lowest BCUT2D eigenvalue weighted by Gasteiger charge is -2.31. The Balaban J connectivity index is 1.31. The lowest BCUT2D eigenvalue weighted by molar-refractivity contribution is 0.282. The van der Waals surface area contributed by atoms with Crippen LogP contribution in [0.1, 0.15) is 12.8 Å². The van der Waals surface area contributed by atoms with Crippen molar-refractivity contribution in [2.45, 2.75) is 17.7 Å². The summed E-state index contributed by atoms with van der Waals surface area (Å²) in [6.07, 6.45) is 3.12. The van der Waals surface area contributed by atoms with Crippen LogP contribution < -0.4 is 5.32 Å². The lowest BCUT2D eigenvalue weighted by atomic mass is 9.98. The minimum atomic E-state index is -3.72. The summed E-state index contributed by atoms with van der Waals surface area (Å²) in [6, 6.07) is 14.0. The minimum Gasteiger partial charge on any atom is -0.370 e. The standard InChI is InChI=1S/C24H21BrCl3N5O2S/c25-18-14-30-33-23(12-21(31-24(18)33)17-3-1-2-4-19(17)27)29-13-15-7-9-32(10-8-15)36(34,35)22-11-16(26)5-6-20(22)28/h1-6,11-12,14-15,29H,7-10,13H2. The molecule has 0 spiro atoms. The Morgan fingerprint density at radius 1 is 1.03 bits per heavy atom. The Bertz CT molecular complexity index is 1540. The SMILES string of the molecule is O=S(=O)(c1cc(Cl)ccc1Cl)N1CCC(CNc2cc(-c3ccccc3Cl)nc3c(Br)cnn23)CC1. The molecule has 1 aliphatic rings. The molecule has 1 fully saturated rings. The third-order valence-electron chi connectivity index (χ3n) is 6.24.